The van der Waals surface area contributed by atoms with Gasteiger partial charge in [0, 0.05) is 23.1 Å². The van der Waals surface area contributed by atoms with Crippen molar-refractivity contribution in [1.82, 2.24) is 9.97 Å². The summed E-state index contributed by atoms with van der Waals surface area (Å²) >= 11 is 5.99. The van der Waals surface area contributed by atoms with Gasteiger partial charge in [0.15, 0.2) is 0 Å². The summed E-state index contributed by atoms with van der Waals surface area (Å²) in [6.45, 7) is 3.67. The van der Waals surface area contributed by atoms with E-state index in [1.807, 2.05) is 13.0 Å². The number of aryl methyl sites for hydroxylation is 2. The molecule has 0 aliphatic carbocycles. The van der Waals surface area contributed by atoms with Gasteiger partial charge in [0.2, 0.25) is 0 Å². The number of carbonyl (C=O) groups is 1. The van der Waals surface area contributed by atoms with Crippen molar-refractivity contribution in [1.29, 1.82) is 0 Å². The van der Waals surface area contributed by atoms with Gasteiger partial charge < -0.3 is 5.32 Å². The van der Waals surface area contributed by atoms with E-state index < -0.39 is 0 Å². The fourth-order valence-electron chi connectivity index (χ4n) is 1.38. The monoisotopic (exact) mass is 261 g/mol. The fraction of sp³-hybridized carbons (Fsp3) is 0.154. The van der Waals surface area contributed by atoms with Crippen LogP contribution in [0, 0.1) is 13.8 Å². The van der Waals surface area contributed by atoms with Gasteiger partial charge in [-0.2, -0.15) is 0 Å². The lowest BCUT2D eigenvalue weighted by Gasteiger charge is -2.06. The van der Waals surface area contributed by atoms with Gasteiger partial charge in [-0.25, -0.2) is 9.97 Å². The zero-order valence-electron chi connectivity index (χ0n) is 10.1. The Morgan fingerprint density at radius 2 is 1.89 bits per heavy atom. The summed E-state index contributed by atoms with van der Waals surface area (Å²) in [4.78, 5) is 19.8. The first-order chi connectivity index (χ1) is 8.56. The highest BCUT2D eigenvalue weighted by Crippen LogP contribution is 2.20. The average molecular weight is 262 g/mol. The van der Waals surface area contributed by atoms with Crippen molar-refractivity contribution >= 4 is 23.2 Å². The van der Waals surface area contributed by atoms with Gasteiger partial charge in [0.05, 0.1) is 5.56 Å². The Balaban J connectivity index is 2.16. The van der Waals surface area contributed by atoms with Gasteiger partial charge in [0.1, 0.15) is 5.82 Å². The van der Waals surface area contributed by atoms with Gasteiger partial charge in [-0.05, 0) is 31.5 Å². The molecule has 2 rings (SSSR count). The lowest BCUT2D eigenvalue weighted by molar-refractivity contribution is 0.102. The molecule has 0 bridgehead atoms. The maximum absolute atomic E-state index is 11.9. The zero-order valence-corrected chi connectivity index (χ0v) is 10.8. The molecule has 1 amide bonds. The number of anilines is 1. The largest absolute Gasteiger partial charge is 0.322 e. The maximum Gasteiger partial charge on any atom is 0.258 e. The second-order valence-electron chi connectivity index (χ2n) is 3.94. The highest BCUT2D eigenvalue weighted by molar-refractivity contribution is 6.31. The van der Waals surface area contributed by atoms with Crippen LogP contribution in [0.1, 0.15) is 21.7 Å². The second-order valence-corrected chi connectivity index (χ2v) is 4.34. The molecule has 0 aliphatic rings. The van der Waals surface area contributed by atoms with E-state index in [0.29, 0.717) is 22.1 Å². The molecule has 0 spiro atoms. The van der Waals surface area contributed by atoms with Crippen molar-refractivity contribution in [3.63, 3.8) is 0 Å². The van der Waals surface area contributed by atoms with E-state index >= 15 is 0 Å². The Morgan fingerprint density at radius 1 is 1.22 bits per heavy atom. The van der Waals surface area contributed by atoms with Crippen LogP contribution in [0.2, 0.25) is 5.02 Å². The van der Waals surface area contributed by atoms with Crippen molar-refractivity contribution in [2.75, 3.05) is 5.32 Å². The van der Waals surface area contributed by atoms with E-state index in [9.17, 15) is 4.79 Å². The van der Waals surface area contributed by atoms with Gasteiger partial charge in [-0.1, -0.05) is 17.7 Å². The third-order valence-electron chi connectivity index (χ3n) is 2.47. The molecule has 2 aromatic rings. The first kappa shape index (κ1) is 12.5. The molecule has 1 aromatic carbocycles. The summed E-state index contributed by atoms with van der Waals surface area (Å²) in [5.41, 5.74) is 2.03. The number of halogens is 1. The topological polar surface area (TPSA) is 54.9 Å². The van der Waals surface area contributed by atoms with E-state index in [4.69, 9.17) is 11.6 Å². The number of nitrogens with zero attached hydrogens (tertiary/aromatic N) is 2. The molecule has 18 heavy (non-hydrogen) atoms. The van der Waals surface area contributed by atoms with Crippen LogP contribution in [0.25, 0.3) is 0 Å². The minimum absolute atomic E-state index is 0.255. The summed E-state index contributed by atoms with van der Waals surface area (Å²) in [6.07, 6.45) is 2.99. The van der Waals surface area contributed by atoms with E-state index in [1.54, 1.807) is 19.1 Å². The SMILES string of the molecule is Cc1ncc(C(=O)Nc2ccc(C)c(Cl)c2)cn1. The van der Waals surface area contributed by atoms with Crippen LogP contribution in [0.3, 0.4) is 0 Å². The van der Waals surface area contributed by atoms with Crippen LogP contribution in [0.4, 0.5) is 5.69 Å². The number of carbonyl (C=O) groups excluding carboxylic acids is 1. The molecule has 4 nitrogen and oxygen atoms in total. The molecule has 0 radical (unpaired) electrons. The molecule has 5 heteroatoms. The smallest absolute Gasteiger partial charge is 0.258 e. The van der Waals surface area contributed by atoms with Crippen molar-refractivity contribution < 1.29 is 4.79 Å². The number of hydrogen-bond donors (Lipinski definition) is 1. The number of aromatic nitrogens is 2. The zero-order chi connectivity index (χ0) is 13.1. The van der Waals surface area contributed by atoms with Gasteiger partial charge in [-0.3, -0.25) is 4.79 Å². The Labute approximate surface area is 110 Å². The number of benzene rings is 1. The normalized spacial score (nSPS) is 10.2. The first-order valence-corrected chi connectivity index (χ1v) is 5.80. The van der Waals surface area contributed by atoms with E-state index in [0.717, 1.165) is 5.56 Å². The minimum atomic E-state index is -0.255. The molecule has 0 atom stereocenters. The van der Waals surface area contributed by atoms with Crippen LogP contribution in [-0.2, 0) is 0 Å². The Hall–Kier alpha value is -1.94. The molecular formula is C13H12ClN3O. The Bertz CT molecular complexity index is 581. The van der Waals surface area contributed by atoms with Crippen LogP contribution in [0.15, 0.2) is 30.6 Å². The van der Waals surface area contributed by atoms with Crippen LogP contribution in [-0.4, -0.2) is 15.9 Å². The van der Waals surface area contributed by atoms with Crippen LogP contribution >= 0.6 is 11.6 Å². The number of rotatable bonds is 2. The van der Waals surface area contributed by atoms with E-state index in [-0.39, 0.29) is 5.91 Å². The molecule has 0 saturated heterocycles. The summed E-state index contributed by atoms with van der Waals surface area (Å²) < 4.78 is 0. The number of hydrogen-bond acceptors (Lipinski definition) is 3. The van der Waals surface area contributed by atoms with Crippen LogP contribution in [0.5, 0.6) is 0 Å². The summed E-state index contributed by atoms with van der Waals surface area (Å²) in [7, 11) is 0. The highest BCUT2D eigenvalue weighted by Gasteiger charge is 2.07. The second kappa shape index (κ2) is 5.14. The maximum atomic E-state index is 11.9. The average Bonchev–Trinajstić information content (AvgIpc) is 2.34. The summed E-state index contributed by atoms with van der Waals surface area (Å²) in [5.74, 6) is 0.375. The quantitative estimate of drug-likeness (QED) is 0.904. The summed E-state index contributed by atoms with van der Waals surface area (Å²) in [5, 5.41) is 3.36. The fourth-order valence-corrected chi connectivity index (χ4v) is 1.56. The standard InChI is InChI=1S/C13H12ClN3O/c1-8-3-4-11(5-12(8)14)17-13(18)10-6-15-9(2)16-7-10/h3-7H,1-2H3,(H,17,18). The first-order valence-electron chi connectivity index (χ1n) is 5.42. The number of amides is 1. The van der Waals surface area contributed by atoms with Crippen molar-refractivity contribution in [3.8, 4) is 0 Å². The molecule has 0 fully saturated rings. The highest BCUT2D eigenvalue weighted by atomic mass is 35.5. The molecular weight excluding hydrogens is 250 g/mol. The van der Waals surface area contributed by atoms with Crippen molar-refractivity contribution in [2.24, 2.45) is 0 Å². The molecule has 1 aromatic heterocycles. The third kappa shape index (κ3) is 2.84. The lowest BCUT2D eigenvalue weighted by Crippen LogP contribution is -2.12. The molecule has 92 valence electrons. The van der Waals surface area contributed by atoms with E-state index in [2.05, 4.69) is 15.3 Å². The Kier molecular flexibility index (Phi) is 3.58. The van der Waals surface area contributed by atoms with Crippen LogP contribution < -0.4 is 5.32 Å². The van der Waals surface area contributed by atoms with Gasteiger partial charge >= 0.3 is 0 Å². The van der Waals surface area contributed by atoms with Crippen molar-refractivity contribution in [3.05, 3.63) is 52.6 Å². The molecule has 1 heterocycles. The number of nitrogens with one attached hydrogen (secondary N) is 1. The van der Waals surface area contributed by atoms with E-state index in [1.165, 1.54) is 12.4 Å². The third-order valence-corrected chi connectivity index (χ3v) is 2.88. The summed E-state index contributed by atoms with van der Waals surface area (Å²) in [6, 6.07) is 5.36. The molecule has 0 unspecified atom stereocenters. The minimum Gasteiger partial charge on any atom is -0.322 e. The van der Waals surface area contributed by atoms with Crippen molar-refractivity contribution in [2.45, 2.75) is 13.8 Å². The predicted molar refractivity (Wildman–Crippen MR) is 70.9 cm³/mol. The molecule has 0 saturated carbocycles. The van der Waals surface area contributed by atoms with Gasteiger partial charge in [-0.15, -0.1) is 0 Å². The molecule has 1 N–H and O–H groups in total. The predicted octanol–water partition coefficient (Wildman–Crippen LogP) is 3.00. The molecule has 0 aliphatic heterocycles. The Morgan fingerprint density at radius 3 is 2.50 bits per heavy atom. The lowest BCUT2D eigenvalue weighted by atomic mass is 10.2. The van der Waals surface area contributed by atoms with Gasteiger partial charge in [0.25, 0.3) is 5.91 Å².